The quantitative estimate of drug-likeness (QED) is 0.792. The van der Waals surface area contributed by atoms with Gasteiger partial charge in [-0.25, -0.2) is 0 Å². The van der Waals surface area contributed by atoms with Gasteiger partial charge in [0.25, 0.3) is 5.91 Å². The average Bonchev–Trinajstić information content (AvgIpc) is 2.46. The number of halogens is 1. The summed E-state index contributed by atoms with van der Waals surface area (Å²) in [5.41, 5.74) is 1.46. The average molecular weight is 282 g/mol. The van der Waals surface area contributed by atoms with E-state index in [-0.39, 0.29) is 5.91 Å². The van der Waals surface area contributed by atoms with Crippen LogP contribution in [0.1, 0.15) is 23.2 Å². The van der Waals surface area contributed by atoms with Crippen molar-refractivity contribution in [1.82, 2.24) is 10.6 Å². The summed E-state index contributed by atoms with van der Waals surface area (Å²) in [6.07, 6.45) is 2.39. The van der Waals surface area contributed by atoms with Crippen molar-refractivity contribution in [1.29, 1.82) is 0 Å². The largest absolute Gasteiger partial charge is 0.385 e. The maximum absolute atomic E-state index is 11.7. The highest BCUT2D eigenvalue weighted by Gasteiger charge is 2.13. The molecule has 1 amide bonds. The van der Waals surface area contributed by atoms with Crippen LogP contribution < -0.4 is 16.0 Å². The minimum absolute atomic E-state index is 0.157. The van der Waals surface area contributed by atoms with Crippen molar-refractivity contribution >= 4 is 23.2 Å². The molecule has 1 aliphatic heterocycles. The molecule has 4 nitrogen and oxygen atoms in total. The van der Waals surface area contributed by atoms with Gasteiger partial charge in [-0.05, 0) is 50.0 Å². The van der Waals surface area contributed by atoms with E-state index >= 15 is 0 Å². The normalized spacial score (nSPS) is 16.1. The van der Waals surface area contributed by atoms with Gasteiger partial charge in [-0.2, -0.15) is 0 Å². The second kappa shape index (κ2) is 6.78. The zero-order valence-corrected chi connectivity index (χ0v) is 11.9. The van der Waals surface area contributed by atoms with Gasteiger partial charge >= 0.3 is 0 Å². The number of rotatable bonds is 4. The fourth-order valence-electron chi connectivity index (χ4n) is 2.29. The van der Waals surface area contributed by atoms with Crippen molar-refractivity contribution in [2.75, 3.05) is 32.0 Å². The van der Waals surface area contributed by atoms with Crippen molar-refractivity contribution in [2.45, 2.75) is 12.8 Å². The standard InChI is InChI=1S/C14H20ClN3O/c1-16-14(19)12-8-11(2-3-13(12)15)18-9-10-4-6-17-7-5-10/h2-3,8,10,17-18H,4-7,9H2,1H3,(H,16,19). The van der Waals surface area contributed by atoms with E-state index in [9.17, 15) is 4.79 Å². The molecule has 0 aliphatic carbocycles. The predicted molar refractivity (Wildman–Crippen MR) is 78.9 cm³/mol. The van der Waals surface area contributed by atoms with Crippen molar-refractivity contribution < 1.29 is 4.79 Å². The SMILES string of the molecule is CNC(=O)c1cc(NCC2CCNCC2)ccc1Cl. The first-order valence-corrected chi connectivity index (χ1v) is 7.04. The summed E-state index contributed by atoms with van der Waals surface area (Å²) >= 11 is 6.02. The smallest absolute Gasteiger partial charge is 0.252 e. The Hall–Kier alpha value is -1.26. The molecule has 1 saturated heterocycles. The number of anilines is 1. The molecule has 0 atom stereocenters. The zero-order valence-electron chi connectivity index (χ0n) is 11.1. The Labute approximate surface area is 118 Å². The molecular weight excluding hydrogens is 262 g/mol. The summed E-state index contributed by atoms with van der Waals surface area (Å²) in [5.74, 6) is 0.538. The van der Waals surface area contributed by atoms with Crippen LogP contribution >= 0.6 is 11.6 Å². The Morgan fingerprint density at radius 1 is 1.42 bits per heavy atom. The van der Waals surface area contributed by atoms with E-state index in [1.807, 2.05) is 12.1 Å². The monoisotopic (exact) mass is 281 g/mol. The van der Waals surface area contributed by atoms with E-state index < -0.39 is 0 Å². The third kappa shape index (κ3) is 3.85. The molecule has 19 heavy (non-hydrogen) atoms. The number of hydrogen-bond donors (Lipinski definition) is 3. The molecule has 104 valence electrons. The molecule has 0 aromatic heterocycles. The lowest BCUT2D eigenvalue weighted by atomic mass is 9.98. The van der Waals surface area contributed by atoms with Crippen molar-refractivity contribution in [3.63, 3.8) is 0 Å². The zero-order chi connectivity index (χ0) is 13.7. The number of hydrogen-bond acceptors (Lipinski definition) is 3. The maximum Gasteiger partial charge on any atom is 0.252 e. The molecule has 3 N–H and O–H groups in total. The molecule has 1 aromatic carbocycles. The minimum atomic E-state index is -0.157. The fourth-order valence-corrected chi connectivity index (χ4v) is 2.50. The Kier molecular flexibility index (Phi) is 5.05. The first kappa shape index (κ1) is 14.2. The van der Waals surface area contributed by atoms with Gasteiger partial charge in [-0.3, -0.25) is 4.79 Å². The van der Waals surface area contributed by atoms with Crippen LogP contribution in [0.4, 0.5) is 5.69 Å². The van der Waals surface area contributed by atoms with Crippen LogP contribution in [-0.2, 0) is 0 Å². The minimum Gasteiger partial charge on any atom is -0.385 e. The van der Waals surface area contributed by atoms with Gasteiger partial charge in [0, 0.05) is 19.3 Å². The van der Waals surface area contributed by atoms with Gasteiger partial charge in [0.1, 0.15) is 0 Å². The summed E-state index contributed by atoms with van der Waals surface area (Å²) in [7, 11) is 1.60. The summed E-state index contributed by atoms with van der Waals surface area (Å²) in [6.45, 7) is 3.13. The number of carbonyl (C=O) groups excluding carboxylic acids is 1. The summed E-state index contributed by atoms with van der Waals surface area (Å²) in [4.78, 5) is 11.7. The molecule has 0 radical (unpaired) electrons. The van der Waals surface area contributed by atoms with Crippen LogP contribution in [0, 0.1) is 5.92 Å². The van der Waals surface area contributed by atoms with Crippen molar-refractivity contribution in [2.24, 2.45) is 5.92 Å². The third-order valence-electron chi connectivity index (χ3n) is 3.49. The second-order valence-electron chi connectivity index (χ2n) is 4.85. The highest BCUT2D eigenvalue weighted by molar-refractivity contribution is 6.34. The number of piperidine rings is 1. The Bertz CT molecular complexity index is 444. The van der Waals surface area contributed by atoms with Crippen molar-refractivity contribution in [3.8, 4) is 0 Å². The number of nitrogens with one attached hydrogen (secondary N) is 3. The van der Waals surface area contributed by atoms with Gasteiger partial charge in [0.05, 0.1) is 10.6 Å². The van der Waals surface area contributed by atoms with E-state index in [2.05, 4.69) is 16.0 Å². The summed E-state index contributed by atoms with van der Waals surface area (Å²) in [6, 6.07) is 5.48. The van der Waals surface area contributed by atoms with Gasteiger partial charge in [0.2, 0.25) is 0 Å². The lowest BCUT2D eigenvalue weighted by Gasteiger charge is -2.23. The highest BCUT2D eigenvalue weighted by atomic mass is 35.5. The molecule has 0 bridgehead atoms. The fraction of sp³-hybridized carbons (Fsp3) is 0.500. The molecule has 0 unspecified atom stereocenters. The van der Waals surface area contributed by atoms with Crippen LogP contribution in [0.3, 0.4) is 0 Å². The van der Waals surface area contributed by atoms with Crippen LogP contribution in [0.5, 0.6) is 0 Å². The Balaban J connectivity index is 1.98. The summed E-state index contributed by atoms with van der Waals surface area (Å²) < 4.78 is 0. The molecule has 5 heteroatoms. The van der Waals surface area contributed by atoms with E-state index in [0.29, 0.717) is 16.5 Å². The number of carbonyl (C=O) groups is 1. The van der Waals surface area contributed by atoms with Crippen molar-refractivity contribution in [3.05, 3.63) is 28.8 Å². The number of amides is 1. The molecule has 1 heterocycles. The summed E-state index contributed by atoms with van der Waals surface area (Å²) in [5, 5.41) is 9.82. The lowest BCUT2D eigenvalue weighted by molar-refractivity contribution is 0.0963. The lowest BCUT2D eigenvalue weighted by Crippen LogP contribution is -2.31. The molecule has 1 aromatic rings. The third-order valence-corrected chi connectivity index (χ3v) is 3.82. The van der Waals surface area contributed by atoms with Gasteiger partial charge in [-0.1, -0.05) is 11.6 Å². The molecule has 0 spiro atoms. The molecular formula is C14H20ClN3O. The first-order chi connectivity index (χ1) is 9.20. The first-order valence-electron chi connectivity index (χ1n) is 6.67. The van der Waals surface area contributed by atoms with E-state index in [1.165, 1.54) is 12.8 Å². The van der Waals surface area contributed by atoms with Crippen LogP contribution in [0.2, 0.25) is 5.02 Å². The second-order valence-corrected chi connectivity index (χ2v) is 5.26. The maximum atomic E-state index is 11.7. The van der Waals surface area contributed by atoms with E-state index in [0.717, 1.165) is 25.3 Å². The number of benzene rings is 1. The molecule has 2 rings (SSSR count). The van der Waals surface area contributed by atoms with Crippen LogP contribution in [-0.4, -0.2) is 32.6 Å². The van der Waals surface area contributed by atoms with E-state index in [1.54, 1.807) is 13.1 Å². The molecule has 1 fully saturated rings. The van der Waals surface area contributed by atoms with Gasteiger partial charge in [0.15, 0.2) is 0 Å². The highest BCUT2D eigenvalue weighted by Crippen LogP contribution is 2.21. The molecule has 1 aliphatic rings. The molecule has 0 saturated carbocycles. The Morgan fingerprint density at radius 3 is 2.84 bits per heavy atom. The van der Waals surface area contributed by atoms with Gasteiger partial charge < -0.3 is 16.0 Å². The topological polar surface area (TPSA) is 53.2 Å². The Morgan fingerprint density at radius 2 is 2.16 bits per heavy atom. The van der Waals surface area contributed by atoms with E-state index in [4.69, 9.17) is 11.6 Å². The van der Waals surface area contributed by atoms with Crippen LogP contribution in [0.25, 0.3) is 0 Å². The predicted octanol–water partition coefficient (Wildman–Crippen LogP) is 2.11. The van der Waals surface area contributed by atoms with Gasteiger partial charge in [-0.15, -0.1) is 0 Å². The van der Waals surface area contributed by atoms with Crippen LogP contribution in [0.15, 0.2) is 18.2 Å².